The first kappa shape index (κ1) is 13.0. The number of rotatable bonds is 3. The van der Waals surface area contributed by atoms with Gasteiger partial charge in [-0.2, -0.15) is 0 Å². The van der Waals surface area contributed by atoms with Crippen LogP contribution in [0.25, 0.3) is 0 Å². The van der Waals surface area contributed by atoms with Gasteiger partial charge in [0.2, 0.25) is 0 Å². The van der Waals surface area contributed by atoms with Gasteiger partial charge in [-0.3, -0.25) is 0 Å². The normalized spacial score (nSPS) is 25.3. The minimum absolute atomic E-state index is 0.512. The van der Waals surface area contributed by atoms with Crippen LogP contribution in [0, 0.1) is 5.92 Å². The molecule has 1 aliphatic carbocycles. The molecule has 0 amide bonds. The Kier molecular flexibility index (Phi) is 3.53. The Morgan fingerprint density at radius 1 is 1.37 bits per heavy atom. The third-order valence-electron chi connectivity index (χ3n) is 4.61. The van der Waals surface area contributed by atoms with Crippen molar-refractivity contribution in [2.45, 2.75) is 51.5 Å². The molecule has 0 radical (unpaired) electrons. The summed E-state index contributed by atoms with van der Waals surface area (Å²) in [6.45, 7) is 5.77. The summed E-state index contributed by atoms with van der Waals surface area (Å²) >= 11 is 0. The summed E-state index contributed by atoms with van der Waals surface area (Å²) < 4.78 is 5.51. The van der Waals surface area contributed by atoms with Crippen molar-refractivity contribution in [3.05, 3.63) is 28.8 Å². The molecule has 104 valence electrons. The van der Waals surface area contributed by atoms with Crippen LogP contribution in [0.3, 0.4) is 0 Å². The van der Waals surface area contributed by atoms with Crippen molar-refractivity contribution in [1.82, 2.24) is 5.32 Å². The predicted octanol–water partition coefficient (Wildman–Crippen LogP) is 3.81. The summed E-state index contributed by atoms with van der Waals surface area (Å²) in [4.78, 5) is 0. The second-order valence-corrected chi connectivity index (χ2v) is 6.47. The second-order valence-electron chi connectivity index (χ2n) is 6.47. The molecule has 2 nitrogen and oxygen atoms in total. The molecule has 0 saturated carbocycles. The smallest absolute Gasteiger partial charge is 0.119 e. The van der Waals surface area contributed by atoms with Gasteiger partial charge in [-0.1, -0.05) is 13.8 Å². The largest absolute Gasteiger partial charge is 0.497 e. The van der Waals surface area contributed by atoms with Gasteiger partial charge in [-0.05, 0) is 66.3 Å². The Bertz CT molecular complexity index is 467. The van der Waals surface area contributed by atoms with E-state index in [1.165, 1.54) is 31.2 Å². The van der Waals surface area contributed by atoms with Crippen LogP contribution in [0.5, 0.6) is 5.75 Å². The average molecular weight is 259 g/mol. The van der Waals surface area contributed by atoms with Crippen LogP contribution >= 0.6 is 0 Å². The lowest BCUT2D eigenvalue weighted by atomic mass is 9.75. The zero-order valence-electron chi connectivity index (χ0n) is 12.3. The van der Waals surface area contributed by atoms with Gasteiger partial charge in [0.1, 0.15) is 5.75 Å². The molecule has 0 bridgehead atoms. The highest BCUT2D eigenvalue weighted by molar-refractivity contribution is 5.48. The van der Waals surface area contributed by atoms with E-state index in [0.29, 0.717) is 6.04 Å². The molecule has 0 spiro atoms. The third kappa shape index (κ3) is 2.38. The predicted molar refractivity (Wildman–Crippen MR) is 78.9 cm³/mol. The van der Waals surface area contributed by atoms with E-state index in [1.807, 2.05) is 0 Å². The Balaban J connectivity index is 2.05. The Morgan fingerprint density at radius 2 is 2.21 bits per heavy atom. The molecule has 3 rings (SSSR count). The van der Waals surface area contributed by atoms with Crippen LogP contribution in [0.4, 0.5) is 0 Å². The van der Waals surface area contributed by atoms with Crippen LogP contribution in [0.15, 0.2) is 12.1 Å². The molecule has 0 fully saturated rings. The quantitative estimate of drug-likeness (QED) is 0.891. The van der Waals surface area contributed by atoms with Gasteiger partial charge in [0, 0.05) is 12.6 Å². The number of hydrogen-bond donors (Lipinski definition) is 1. The first-order valence-corrected chi connectivity index (χ1v) is 7.63. The molecule has 2 aliphatic rings. The average Bonchev–Trinajstić information content (AvgIpc) is 2.41. The van der Waals surface area contributed by atoms with Gasteiger partial charge in [0.25, 0.3) is 0 Å². The minimum Gasteiger partial charge on any atom is -0.497 e. The zero-order valence-corrected chi connectivity index (χ0v) is 12.3. The maximum atomic E-state index is 5.51. The molecular formula is C17H25NO. The highest BCUT2D eigenvalue weighted by atomic mass is 16.5. The number of methoxy groups -OCH3 is 1. The van der Waals surface area contributed by atoms with Crippen molar-refractivity contribution in [1.29, 1.82) is 0 Å². The van der Waals surface area contributed by atoms with Gasteiger partial charge >= 0.3 is 0 Å². The van der Waals surface area contributed by atoms with Crippen molar-refractivity contribution in [2.75, 3.05) is 13.7 Å². The van der Waals surface area contributed by atoms with Crippen LogP contribution < -0.4 is 10.1 Å². The number of hydrogen-bond acceptors (Lipinski definition) is 2. The minimum atomic E-state index is 0.512. The van der Waals surface area contributed by atoms with Crippen LogP contribution in [0.1, 0.15) is 61.8 Å². The highest BCUT2D eigenvalue weighted by Crippen LogP contribution is 2.43. The summed E-state index contributed by atoms with van der Waals surface area (Å²) in [7, 11) is 1.78. The second kappa shape index (κ2) is 5.16. The van der Waals surface area contributed by atoms with E-state index in [4.69, 9.17) is 4.74 Å². The summed E-state index contributed by atoms with van der Waals surface area (Å²) in [6.07, 6.45) is 5.10. The molecule has 2 atom stereocenters. The van der Waals surface area contributed by atoms with Crippen molar-refractivity contribution >= 4 is 0 Å². The van der Waals surface area contributed by atoms with Gasteiger partial charge < -0.3 is 10.1 Å². The fourth-order valence-corrected chi connectivity index (χ4v) is 3.78. The van der Waals surface area contributed by atoms with Gasteiger partial charge in [0.15, 0.2) is 0 Å². The molecule has 1 aromatic rings. The fraction of sp³-hybridized carbons (Fsp3) is 0.647. The molecule has 1 aromatic carbocycles. The molecule has 0 saturated heterocycles. The molecule has 2 unspecified atom stereocenters. The molecule has 1 heterocycles. The Hall–Kier alpha value is -1.02. The molecule has 1 N–H and O–H groups in total. The molecular weight excluding hydrogens is 234 g/mol. The lowest BCUT2D eigenvalue weighted by Crippen LogP contribution is -2.36. The SMILES string of the molecule is COc1cc2c3c(c1)C(CC(C)C)NCC3CCC2. The van der Waals surface area contributed by atoms with E-state index in [1.54, 1.807) is 18.2 Å². The van der Waals surface area contributed by atoms with E-state index in [0.717, 1.165) is 24.1 Å². The van der Waals surface area contributed by atoms with E-state index in [2.05, 4.69) is 31.3 Å². The number of ether oxygens (including phenoxy) is 1. The number of aryl methyl sites for hydroxylation is 1. The Morgan fingerprint density at radius 3 is 2.95 bits per heavy atom. The fourth-order valence-electron chi connectivity index (χ4n) is 3.78. The summed E-state index contributed by atoms with van der Waals surface area (Å²) in [5, 5.41) is 3.76. The first-order chi connectivity index (χ1) is 9.19. The molecule has 19 heavy (non-hydrogen) atoms. The van der Waals surface area contributed by atoms with Crippen molar-refractivity contribution in [3.8, 4) is 5.75 Å². The maximum Gasteiger partial charge on any atom is 0.119 e. The van der Waals surface area contributed by atoms with E-state index >= 15 is 0 Å². The Labute approximate surface area is 116 Å². The monoisotopic (exact) mass is 259 g/mol. The van der Waals surface area contributed by atoms with Gasteiger partial charge in [0.05, 0.1) is 7.11 Å². The van der Waals surface area contributed by atoms with Crippen molar-refractivity contribution in [3.63, 3.8) is 0 Å². The van der Waals surface area contributed by atoms with E-state index in [9.17, 15) is 0 Å². The van der Waals surface area contributed by atoms with Crippen molar-refractivity contribution < 1.29 is 4.74 Å². The van der Waals surface area contributed by atoms with Crippen LogP contribution in [-0.2, 0) is 6.42 Å². The topological polar surface area (TPSA) is 21.3 Å². The first-order valence-electron chi connectivity index (χ1n) is 7.63. The zero-order chi connectivity index (χ0) is 13.4. The lowest BCUT2D eigenvalue weighted by Gasteiger charge is -2.38. The van der Waals surface area contributed by atoms with Crippen LogP contribution in [0.2, 0.25) is 0 Å². The highest BCUT2D eigenvalue weighted by Gasteiger charge is 2.31. The lowest BCUT2D eigenvalue weighted by molar-refractivity contribution is 0.363. The summed E-state index contributed by atoms with van der Waals surface area (Å²) in [5.74, 6) is 2.49. The third-order valence-corrected chi connectivity index (χ3v) is 4.61. The standard InChI is InChI=1S/C17H25NO/c1-11(2)7-16-15-9-14(19-3)8-12-5-4-6-13(10-18-16)17(12)15/h8-9,11,13,16,18H,4-7,10H2,1-3H3. The molecule has 0 aromatic heterocycles. The van der Waals surface area contributed by atoms with Gasteiger partial charge in [-0.25, -0.2) is 0 Å². The van der Waals surface area contributed by atoms with Gasteiger partial charge in [-0.15, -0.1) is 0 Å². The van der Waals surface area contributed by atoms with E-state index < -0.39 is 0 Å². The number of benzene rings is 1. The molecule has 2 heteroatoms. The van der Waals surface area contributed by atoms with Crippen LogP contribution in [-0.4, -0.2) is 13.7 Å². The van der Waals surface area contributed by atoms with Crippen molar-refractivity contribution in [2.24, 2.45) is 5.92 Å². The number of nitrogens with one attached hydrogen (secondary N) is 1. The van der Waals surface area contributed by atoms with E-state index in [-0.39, 0.29) is 0 Å². The maximum absolute atomic E-state index is 5.51. The summed E-state index contributed by atoms with van der Waals surface area (Å²) in [6, 6.07) is 5.05. The molecule has 1 aliphatic heterocycles. The summed E-state index contributed by atoms with van der Waals surface area (Å²) in [5.41, 5.74) is 4.70.